The molecule has 0 atom stereocenters. The van der Waals surface area contributed by atoms with Gasteiger partial charge in [0.05, 0.1) is 22.4 Å². The molecule has 0 amide bonds. The summed E-state index contributed by atoms with van der Waals surface area (Å²) in [6, 6.07) is 17.7. The second-order valence-electron chi connectivity index (χ2n) is 6.95. The summed E-state index contributed by atoms with van der Waals surface area (Å²) in [6.45, 7) is 2.04. The Morgan fingerprint density at radius 1 is 1.03 bits per heavy atom. The highest BCUT2D eigenvalue weighted by atomic mass is 35.5. The molecule has 0 saturated carbocycles. The summed E-state index contributed by atoms with van der Waals surface area (Å²) in [6.07, 6.45) is 2.50. The van der Waals surface area contributed by atoms with Crippen molar-refractivity contribution in [2.45, 2.75) is 13.3 Å². The Morgan fingerprint density at radius 2 is 1.86 bits per heavy atom. The lowest BCUT2D eigenvalue weighted by Gasteiger charge is -2.13. The molecule has 0 fully saturated rings. The molecule has 0 saturated heterocycles. The summed E-state index contributed by atoms with van der Waals surface area (Å²) in [4.78, 5) is 19.9. The van der Waals surface area contributed by atoms with Crippen molar-refractivity contribution in [2.24, 2.45) is 0 Å². The number of fused-ring (bicyclic) bond motifs is 2. The Bertz CT molecular complexity index is 1420. The van der Waals surface area contributed by atoms with Gasteiger partial charge in [-0.25, -0.2) is 4.98 Å². The van der Waals surface area contributed by atoms with Crippen LogP contribution in [-0.2, 0) is 6.42 Å². The lowest BCUT2D eigenvalue weighted by molar-refractivity contribution is 1.12. The van der Waals surface area contributed by atoms with Crippen LogP contribution in [0.5, 0.6) is 0 Å². The van der Waals surface area contributed by atoms with Gasteiger partial charge in [0.15, 0.2) is 0 Å². The monoisotopic (exact) mass is 400 g/mol. The van der Waals surface area contributed by atoms with Gasteiger partial charge in [0.1, 0.15) is 5.65 Å². The molecule has 5 rings (SSSR count). The molecule has 142 valence electrons. The highest BCUT2D eigenvalue weighted by Gasteiger charge is 2.15. The molecule has 0 aliphatic heterocycles. The van der Waals surface area contributed by atoms with Gasteiger partial charge in [-0.1, -0.05) is 48.9 Å². The Morgan fingerprint density at radius 3 is 2.66 bits per heavy atom. The van der Waals surface area contributed by atoms with Gasteiger partial charge < -0.3 is 4.98 Å². The molecule has 0 aliphatic rings. The molecule has 2 aromatic carbocycles. The summed E-state index contributed by atoms with van der Waals surface area (Å²) in [7, 11) is 0. The molecule has 5 aromatic rings. The van der Waals surface area contributed by atoms with Crippen molar-refractivity contribution in [3.8, 4) is 22.4 Å². The van der Waals surface area contributed by atoms with Gasteiger partial charge in [0.25, 0.3) is 0 Å². The number of nitrogens with one attached hydrogen (secondary N) is 2. The van der Waals surface area contributed by atoms with Crippen LogP contribution in [-0.4, -0.2) is 20.2 Å². The molecule has 0 aliphatic carbocycles. The molecule has 3 aromatic heterocycles. The molecule has 0 bridgehead atoms. The van der Waals surface area contributed by atoms with Crippen LogP contribution >= 0.6 is 11.6 Å². The van der Waals surface area contributed by atoms with Crippen molar-refractivity contribution in [1.82, 2.24) is 20.2 Å². The van der Waals surface area contributed by atoms with Crippen molar-refractivity contribution in [1.29, 1.82) is 0 Å². The third-order valence-electron chi connectivity index (χ3n) is 5.16. The van der Waals surface area contributed by atoms with Crippen LogP contribution in [0.25, 0.3) is 44.3 Å². The molecule has 29 heavy (non-hydrogen) atoms. The fraction of sp³-hybridized carbons (Fsp3) is 0.0870. The topological polar surface area (TPSA) is 74.4 Å². The van der Waals surface area contributed by atoms with E-state index in [0.29, 0.717) is 10.7 Å². The number of H-pyrrole nitrogens is 2. The predicted molar refractivity (Wildman–Crippen MR) is 117 cm³/mol. The van der Waals surface area contributed by atoms with Gasteiger partial charge in [-0.3, -0.25) is 9.89 Å². The van der Waals surface area contributed by atoms with Gasteiger partial charge in [0, 0.05) is 28.0 Å². The highest BCUT2D eigenvalue weighted by molar-refractivity contribution is 6.35. The Balaban J connectivity index is 1.88. The molecule has 0 radical (unpaired) electrons. The van der Waals surface area contributed by atoms with E-state index in [2.05, 4.69) is 27.3 Å². The van der Waals surface area contributed by atoms with Crippen molar-refractivity contribution >= 4 is 33.5 Å². The van der Waals surface area contributed by atoms with Crippen molar-refractivity contribution in [3.63, 3.8) is 0 Å². The molecule has 0 unspecified atom stereocenters. The summed E-state index contributed by atoms with van der Waals surface area (Å²) in [5.74, 6) is 0. The number of halogens is 1. The van der Waals surface area contributed by atoms with Gasteiger partial charge in [-0.15, -0.1) is 0 Å². The fourth-order valence-electron chi connectivity index (χ4n) is 3.74. The quantitative estimate of drug-likeness (QED) is 0.428. The largest absolute Gasteiger partial charge is 0.307 e. The standard InChI is InChI=1S/C23H17ClN4O/c1-2-13-10-20(29)26-23-18(13)11-17(21(27-23)14-6-4-3-5-7-14)15-8-16-12-25-28-22(16)19(24)9-15/h3-12H,2H2,1H3,(H,25,28)(H,26,27,29). The second kappa shape index (κ2) is 6.87. The molecule has 5 nitrogen and oxygen atoms in total. The van der Waals surface area contributed by atoms with Crippen LogP contribution in [0.15, 0.2) is 65.6 Å². The maximum Gasteiger partial charge on any atom is 0.249 e. The van der Waals surface area contributed by atoms with Gasteiger partial charge in [-0.05, 0) is 35.7 Å². The molecule has 6 heteroatoms. The zero-order chi connectivity index (χ0) is 20.0. The summed E-state index contributed by atoms with van der Waals surface area (Å²) in [5.41, 5.74) is 5.89. The Labute approximate surface area is 171 Å². The third-order valence-corrected chi connectivity index (χ3v) is 5.45. The average Bonchev–Trinajstić information content (AvgIpc) is 3.22. The van der Waals surface area contributed by atoms with Crippen LogP contribution in [0.4, 0.5) is 0 Å². The van der Waals surface area contributed by atoms with Crippen LogP contribution in [0.2, 0.25) is 5.02 Å². The van der Waals surface area contributed by atoms with E-state index in [1.54, 1.807) is 12.3 Å². The normalized spacial score (nSPS) is 11.4. The first-order valence-corrected chi connectivity index (χ1v) is 9.77. The zero-order valence-electron chi connectivity index (χ0n) is 15.7. The minimum atomic E-state index is -0.142. The molecule has 3 heterocycles. The van der Waals surface area contributed by atoms with E-state index in [1.165, 1.54) is 0 Å². The predicted octanol–water partition coefficient (Wildman–Crippen LogP) is 5.35. The van der Waals surface area contributed by atoms with Gasteiger partial charge in [-0.2, -0.15) is 5.10 Å². The number of hydrogen-bond donors (Lipinski definition) is 2. The van der Waals surface area contributed by atoms with E-state index in [0.717, 1.165) is 50.7 Å². The maximum atomic E-state index is 12.1. The molecular weight excluding hydrogens is 384 g/mol. The zero-order valence-corrected chi connectivity index (χ0v) is 16.4. The van der Waals surface area contributed by atoms with E-state index in [4.69, 9.17) is 16.6 Å². The first-order valence-electron chi connectivity index (χ1n) is 9.39. The molecule has 0 spiro atoms. The SMILES string of the molecule is CCc1cc(=O)[nH]c2nc(-c3ccccc3)c(-c3cc(Cl)c4[nH]ncc4c3)cc12. The fourth-order valence-corrected chi connectivity index (χ4v) is 4.01. The number of hydrogen-bond acceptors (Lipinski definition) is 3. The van der Waals surface area contributed by atoms with Gasteiger partial charge in [0.2, 0.25) is 5.56 Å². The van der Waals surface area contributed by atoms with Gasteiger partial charge >= 0.3 is 0 Å². The van der Waals surface area contributed by atoms with Crippen molar-refractivity contribution in [2.75, 3.05) is 0 Å². The van der Waals surface area contributed by atoms with Crippen molar-refractivity contribution in [3.05, 3.63) is 81.7 Å². The number of aromatic nitrogens is 4. The first kappa shape index (κ1) is 17.6. The lowest BCUT2D eigenvalue weighted by atomic mass is 9.96. The van der Waals surface area contributed by atoms with Crippen LogP contribution in [0, 0.1) is 0 Å². The smallest absolute Gasteiger partial charge is 0.249 e. The molecular formula is C23H17ClN4O. The van der Waals surface area contributed by atoms with Crippen LogP contribution < -0.4 is 5.56 Å². The van der Waals surface area contributed by atoms with Crippen LogP contribution in [0.3, 0.4) is 0 Å². The summed E-state index contributed by atoms with van der Waals surface area (Å²) < 4.78 is 0. The van der Waals surface area contributed by atoms with E-state index < -0.39 is 0 Å². The minimum Gasteiger partial charge on any atom is -0.307 e. The second-order valence-corrected chi connectivity index (χ2v) is 7.36. The first-order chi connectivity index (χ1) is 14.1. The number of nitrogens with zero attached hydrogens (tertiary/aromatic N) is 2. The third kappa shape index (κ3) is 3.00. The van der Waals surface area contributed by atoms with E-state index in [1.807, 2.05) is 43.3 Å². The maximum absolute atomic E-state index is 12.1. The summed E-state index contributed by atoms with van der Waals surface area (Å²) in [5, 5.41) is 9.50. The minimum absolute atomic E-state index is 0.142. The van der Waals surface area contributed by atoms with Crippen LogP contribution in [0.1, 0.15) is 12.5 Å². The number of benzene rings is 2. The average molecular weight is 401 g/mol. The lowest BCUT2D eigenvalue weighted by Crippen LogP contribution is -2.08. The van der Waals surface area contributed by atoms with E-state index >= 15 is 0 Å². The number of rotatable bonds is 3. The van der Waals surface area contributed by atoms with E-state index in [-0.39, 0.29) is 5.56 Å². The van der Waals surface area contributed by atoms with Crippen molar-refractivity contribution < 1.29 is 0 Å². The number of aryl methyl sites for hydroxylation is 1. The summed E-state index contributed by atoms with van der Waals surface area (Å²) >= 11 is 6.51. The number of pyridine rings is 2. The number of aromatic amines is 2. The molecule has 2 N–H and O–H groups in total. The Kier molecular flexibility index (Phi) is 4.18. The Hall–Kier alpha value is -3.44. The van der Waals surface area contributed by atoms with E-state index in [9.17, 15) is 4.79 Å². The highest BCUT2D eigenvalue weighted by Crippen LogP contribution is 2.36.